The highest BCUT2D eigenvalue weighted by Gasteiger charge is 2.40. The summed E-state index contributed by atoms with van der Waals surface area (Å²) < 4.78 is 5.25. The first-order chi connectivity index (χ1) is 11.0. The van der Waals surface area contributed by atoms with Gasteiger partial charge in [-0.25, -0.2) is 0 Å². The van der Waals surface area contributed by atoms with Crippen LogP contribution in [0.5, 0.6) is 0 Å². The van der Waals surface area contributed by atoms with Crippen LogP contribution in [0.1, 0.15) is 42.3 Å². The lowest BCUT2D eigenvalue weighted by Crippen LogP contribution is -2.46. The Hall–Kier alpha value is -1.94. The van der Waals surface area contributed by atoms with E-state index in [1.54, 1.807) is 6.92 Å². The first-order valence-electron chi connectivity index (χ1n) is 8.23. The van der Waals surface area contributed by atoms with Gasteiger partial charge in [-0.05, 0) is 52.3 Å². The molecule has 4 heteroatoms. The smallest absolute Gasteiger partial charge is 0.140 e. The molecule has 1 aromatic heterocycles. The predicted octanol–water partition coefficient (Wildman–Crippen LogP) is 3.41. The van der Waals surface area contributed by atoms with E-state index in [9.17, 15) is 4.79 Å². The molecule has 0 atom stereocenters. The molecule has 1 fully saturated rings. The minimum Gasteiger partial charge on any atom is -0.361 e. The maximum Gasteiger partial charge on any atom is 0.140 e. The van der Waals surface area contributed by atoms with Gasteiger partial charge in [0.15, 0.2) is 0 Å². The van der Waals surface area contributed by atoms with E-state index >= 15 is 0 Å². The molecule has 3 rings (SSSR count). The van der Waals surface area contributed by atoms with Gasteiger partial charge in [0.1, 0.15) is 11.5 Å². The van der Waals surface area contributed by atoms with E-state index in [4.69, 9.17) is 4.52 Å². The molecular formula is C19H24N2O2. The number of hydrogen-bond acceptors (Lipinski definition) is 4. The molecule has 122 valence electrons. The third kappa shape index (κ3) is 2.95. The Balaban J connectivity index is 1.75. The normalized spacial score (nSPS) is 18.0. The molecule has 0 unspecified atom stereocenters. The van der Waals surface area contributed by atoms with Crippen molar-refractivity contribution in [1.82, 2.24) is 10.1 Å². The maximum atomic E-state index is 12.4. The minimum atomic E-state index is -0.323. The predicted molar refractivity (Wildman–Crippen MR) is 89.3 cm³/mol. The van der Waals surface area contributed by atoms with E-state index in [0.29, 0.717) is 0 Å². The molecule has 1 aliphatic heterocycles. The fraction of sp³-hybridized carbons (Fsp3) is 0.474. The lowest BCUT2D eigenvalue weighted by atomic mass is 9.70. The van der Waals surface area contributed by atoms with Crippen molar-refractivity contribution in [3.8, 4) is 0 Å². The number of nitrogens with zero attached hydrogens (tertiary/aromatic N) is 2. The van der Waals surface area contributed by atoms with Crippen LogP contribution < -0.4 is 0 Å². The Labute approximate surface area is 137 Å². The average Bonchev–Trinajstić information content (AvgIpc) is 2.88. The molecule has 0 bridgehead atoms. The third-order valence-electron chi connectivity index (χ3n) is 5.27. The van der Waals surface area contributed by atoms with Crippen LogP contribution in [0.25, 0.3) is 0 Å². The number of aromatic nitrogens is 1. The number of Topliss-reactive ketones (excluding diaryl/α,β-unsaturated/α-hetero) is 1. The molecule has 4 nitrogen and oxygen atoms in total. The zero-order chi connectivity index (χ0) is 16.4. The summed E-state index contributed by atoms with van der Waals surface area (Å²) in [5.41, 5.74) is 2.98. The van der Waals surface area contributed by atoms with E-state index in [1.165, 1.54) is 5.56 Å². The Morgan fingerprint density at radius 3 is 2.39 bits per heavy atom. The summed E-state index contributed by atoms with van der Waals surface area (Å²) in [6.45, 7) is 8.36. The molecular weight excluding hydrogens is 288 g/mol. The van der Waals surface area contributed by atoms with Crippen LogP contribution in [0.2, 0.25) is 0 Å². The summed E-state index contributed by atoms with van der Waals surface area (Å²) in [6, 6.07) is 10.2. The highest BCUT2D eigenvalue weighted by atomic mass is 16.5. The van der Waals surface area contributed by atoms with E-state index < -0.39 is 0 Å². The maximum absolute atomic E-state index is 12.4. The largest absolute Gasteiger partial charge is 0.361 e. The lowest BCUT2D eigenvalue weighted by molar-refractivity contribution is -0.124. The molecule has 0 amide bonds. The highest BCUT2D eigenvalue weighted by molar-refractivity contribution is 5.88. The number of likely N-dealkylation sites (tertiary alicyclic amines) is 1. The molecule has 0 spiro atoms. The average molecular weight is 312 g/mol. The topological polar surface area (TPSA) is 46.3 Å². The quantitative estimate of drug-likeness (QED) is 0.868. The second-order valence-corrected chi connectivity index (χ2v) is 6.58. The zero-order valence-corrected chi connectivity index (χ0v) is 14.1. The molecule has 0 saturated carbocycles. The van der Waals surface area contributed by atoms with Gasteiger partial charge in [0.2, 0.25) is 0 Å². The molecule has 1 aliphatic rings. The summed E-state index contributed by atoms with van der Waals surface area (Å²) in [7, 11) is 0. The number of carbonyl (C=O) groups is 1. The molecule has 0 aliphatic carbocycles. The number of aryl methyl sites for hydroxylation is 2. The molecule has 2 heterocycles. The van der Waals surface area contributed by atoms with Crippen molar-refractivity contribution in [2.75, 3.05) is 13.1 Å². The van der Waals surface area contributed by atoms with Crippen LogP contribution in [0, 0.1) is 13.8 Å². The Morgan fingerprint density at radius 1 is 1.22 bits per heavy atom. The van der Waals surface area contributed by atoms with Gasteiger partial charge in [0.05, 0.1) is 11.1 Å². The van der Waals surface area contributed by atoms with E-state index in [1.807, 2.05) is 32.0 Å². The van der Waals surface area contributed by atoms with E-state index in [2.05, 4.69) is 22.2 Å². The number of hydrogen-bond donors (Lipinski definition) is 0. The first-order valence-corrected chi connectivity index (χ1v) is 8.23. The summed E-state index contributed by atoms with van der Waals surface area (Å²) >= 11 is 0. The van der Waals surface area contributed by atoms with Gasteiger partial charge < -0.3 is 4.52 Å². The van der Waals surface area contributed by atoms with Crippen molar-refractivity contribution in [3.63, 3.8) is 0 Å². The Morgan fingerprint density at radius 2 is 1.87 bits per heavy atom. The molecule has 0 radical (unpaired) electrons. The van der Waals surface area contributed by atoms with Crippen LogP contribution in [0.3, 0.4) is 0 Å². The van der Waals surface area contributed by atoms with E-state index in [0.717, 1.165) is 49.5 Å². The number of carbonyl (C=O) groups excluding carboxylic acids is 1. The fourth-order valence-corrected chi connectivity index (χ4v) is 3.65. The van der Waals surface area contributed by atoms with Gasteiger partial charge in [0, 0.05) is 12.1 Å². The first kappa shape index (κ1) is 15.9. The Bertz CT molecular complexity index is 663. The monoisotopic (exact) mass is 312 g/mol. The van der Waals surface area contributed by atoms with E-state index in [-0.39, 0.29) is 11.2 Å². The summed E-state index contributed by atoms with van der Waals surface area (Å²) in [6.07, 6.45) is 1.74. The molecule has 0 N–H and O–H groups in total. The van der Waals surface area contributed by atoms with Gasteiger partial charge in [-0.3, -0.25) is 9.69 Å². The van der Waals surface area contributed by atoms with Crippen LogP contribution in [0.4, 0.5) is 0 Å². The SMILES string of the molecule is CC(=O)C1(c2ccccc2)CCN(Cc2c(C)noc2C)CC1. The van der Waals surface area contributed by atoms with Crippen molar-refractivity contribution in [2.45, 2.75) is 45.6 Å². The van der Waals surface area contributed by atoms with Crippen molar-refractivity contribution in [3.05, 3.63) is 52.9 Å². The molecule has 1 saturated heterocycles. The van der Waals surface area contributed by atoms with Crippen LogP contribution in [-0.4, -0.2) is 28.9 Å². The second kappa shape index (κ2) is 6.28. The summed E-state index contributed by atoms with van der Waals surface area (Å²) in [5, 5.41) is 4.03. The second-order valence-electron chi connectivity index (χ2n) is 6.58. The number of ketones is 1. The van der Waals surface area contributed by atoms with Crippen molar-refractivity contribution < 1.29 is 9.32 Å². The van der Waals surface area contributed by atoms with Crippen LogP contribution >= 0.6 is 0 Å². The van der Waals surface area contributed by atoms with Crippen molar-refractivity contribution in [1.29, 1.82) is 0 Å². The van der Waals surface area contributed by atoms with Crippen molar-refractivity contribution in [2.24, 2.45) is 0 Å². The summed E-state index contributed by atoms with van der Waals surface area (Å²) in [4.78, 5) is 14.8. The van der Waals surface area contributed by atoms with Crippen LogP contribution in [-0.2, 0) is 16.8 Å². The summed E-state index contributed by atoms with van der Waals surface area (Å²) in [5.74, 6) is 1.18. The third-order valence-corrected chi connectivity index (χ3v) is 5.27. The van der Waals surface area contributed by atoms with Gasteiger partial charge in [-0.15, -0.1) is 0 Å². The minimum absolute atomic E-state index is 0.278. The number of piperidine rings is 1. The molecule has 2 aromatic rings. The molecule has 1 aromatic carbocycles. The lowest BCUT2D eigenvalue weighted by Gasteiger charge is -2.40. The standard InChI is InChI=1S/C19H24N2O2/c1-14-18(15(2)23-20-14)13-21-11-9-19(10-12-21,16(3)22)17-7-5-4-6-8-17/h4-8H,9-13H2,1-3H3. The van der Waals surface area contributed by atoms with Gasteiger partial charge in [-0.1, -0.05) is 35.5 Å². The van der Waals surface area contributed by atoms with Crippen molar-refractivity contribution >= 4 is 5.78 Å². The number of benzene rings is 1. The number of rotatable bonds is 4. The fourth-order valence-electron chi connectivity index (χ4n) is 3.65. The molecule has 23 heavy (non-hydrogen) atoms. The van der Waals surface area contributed by atoms with Gasteiger partial charge in [0.25, 0.3) is 0 Å². The highest BCUT2D eigenvalue weighted by Crippen LogP contribution is 2.37. The Kier molecular flexibility index (Phi) is 4.35. The van der Waals surface area contributed by atoms with Gasteiger partial charge >= 0.3 is 0 Å². The van der Waals surface area contributed by atoms with Gasteiger partial charge in [-0.2, -0.15) is 0 Å². The zero-order valence-electron chi connectivity index (χ0n) is 14.1. The van der Waals surface area contributed by atoms with Crippen LogP contribution in [0.15, 0.2) is 34.9 Å².